The molecule has 0 saturated heterocycles. The maximum atomic E-state index is 12.1. The number of esters is 1. The quantitative estimate of drug-likeness (QED) is 0.599. The molecule has 4 saturated carbocycles. The molecule has 5 aliphatic rings. The van der Waals surface area contributed by atoms with E-state index in [1.165, 1.54) is 0 Å². The number of carbonyl (C=O) groups excluding carboxylic acids is 1. The molecule has 4 aliphatic carbocycles. The maximum Gasteiger partial charge on any atom is 0.331 e. The van der Waals surface area contributed by atoms with Crippen LogP contribution in [0.25, 0.3) is 0 Å². The first kappa shape index (κ1) is 19.1. The second kappa shape index (κ2) is 6.05. The zero-order chi connectivity index (χ0) is 19.9. The third-order valence-corrected chi connectivity index (χ3v) is 9.89. The van der Waals surface area contributed by atoms with E-state index in [0.29, 0.717) is 18.9 Å². The van der Waals surface area contributed by atoms with Crippen molar-refractivity contribution in [2.45, 2.75) is 83.0 Å². The molecule has 9 atom stereocenters. The van der Waals surface area contributed by atoms with E-state index >= 15 is 0 Å². The van der Waals surface area contributed by atoms with Crippen LogP contribution in [0.4, 0.5) is 0 Å². The Morgan fingerprint density at radius 1 is 1.11 bits per heavy atom. The summed E-state index contributed by atoms with van der Waals surface area (Å²) in [5.74, 6) is 0.420. The van der Waals surface area contributed by atoms with Crippen LogP contribution in [-0.2, 0) is 9.53 Å². The molecular weight excluding hydrogens is 356 g/mol. The minimum Gasteiger partial charge on any atom is -0.458 e. The average molecular weight is 391 g/mol. The van der Waals surface area contributed by atoms with Crippen LogP contribution in [0.5, 0.6) is 0 Å². The first-order valence-electron chi connectivity index (χ1n) is 11.1. The molecule has 1 heterocycles. The molecule has 28 heavy (non-hydrogen) atoms. The van der Waals surface area contributed by atoms with Gasteiger partial charge in [-0.25, -0.2) is 4.79 Å². The third kappa shape index (κ3) is 2.33. The van der Waals surface area contributed by atoms with Gasteiger partial charge in [0.25, 0.3) is 0 Å². The summed E-state index contributed by atoms with van der Waals surface area (Å²) in [4.78, 5) is 11.6. The molecule has 0 radical (unpaired) electrons. The Hall–Kier alpha value is -0.910. The van der Waals surface area contributed by atoms with Crippen molar-refractivity contribution in [3.05, 3.63) is 11.6 Å². The van der Waals surface area contributed by atoms with Gasteiger partial charge in [-0.3, -0.25) is 0 Å². The normalized spacial score (nSPS) is 55.8. The number of aliphatic hydroxyl groups is 3. The molecule has 156 valence electrons. The lowest BCUT2D eigenvalue weighted by Gasteiger charge is -2.65. The predicted octanol–water partition coefficient (Wildman–Crippen LogP) is 2.58. The molecule has 5 rings (SSSR count). The summed E-state index contributed by atoms with van der Waals surface area (Å²) >= 11 is 0. The number of fused-ring (bicyclic) bond motifs is 5. The fraction of sp³-hybridized carbons (Fsp3) is 0.870. The number of rotatable bonds is 1. The second-order valence-electron chi connectivity index (χ2n) is 10.9. The molecule has 5 nitrogen and oxygen atoms in total. The number of aliphatic hydroxyl groups excluding tert-OH is 2. The molecule has 0 bridgehead atoms. The molecule has 0 aromatic rings. The first-order chi connectivity index (χ1) is 13.2. The highest BCUT2D eigenvalue weighted by molar-refractivity contribution is 5.85. The SMILES string of the molecule is CC12CCC(O)CC1CCC1[C@@H]2[C@H](O)CC2(C)[C@@H](C3=CC(=O)OC3)CCC12O. The number of hydrogen-bond acceptors (Lipinski definition) is 5. The molecule has 4 fully saturated rings. The largest absolute Gasteiger partial charge is 0.458 e. The Bertz CT molecular complexity index is 718. The molecule has 3 N–H and O–H groups in total. The summed E-state index contributed by atoms with van der Waals surface area (Å²) in [6.45, 7) is 4.76. The van der Waals surface area contributed by atoms with E-state index in [9.17, 15) is 20.1 Å². The van der Waals surface area contributed by atoms with Gasteiger partial charge in [0, 0.05) is 11.5 Å². The number of ether oxygens (including phenoxy) is 1. The van der Waals surface area contributed by atoms with Crippen LogP contribution in [0.1, 0.15) is 65.2 Å². The van der Waals surface area contributed by atoms with Gasteiger partial charge in [-0.15, -0.1) is 0 Å². The van der Waals surface area contributed by atoms with Crippen molar-refractivity contribution in [3.63, 3.8) is 0 Å². The van der Waals surface area contributed by atoms with Gasteiger partial charge >= 0.3 is 5.97 Å². The summed E-state index contributed by atoms with van der Waals surface area (Å²) < 4.78 is 5.17. The van der Waals surface area contributed by atoms with Crippen molar-refractivity contribution < 1.29 is 24.9 Å². The van der Waals surface area contributed by atoms with Gasteiger partial charge in [-0.1, -0.05) is 13.8 Å². The lowest BCUT2D eigenvalue weighted by Crippen LogP contribution is -2.66. The van der Waals surface area contributed by atoms with Gasteiger partial charge in [-0.2, -0.15) is 0 Å². The van der Waals surface area contributed by atoms with Crippen molar-refractivity contribution in [1.82, 2.24) is 0 Å². The van der Waals surface area contributed by atoms with E-state index < -0.39 is 17.1 Å². The highest BCUT2D eigenvalue weighted by Gasteiger charge is 2.69. The zero-order valence-electron chi connectivity index (χ0n) is 17.1. The Morgan fingerprint density at radius 2 is 1.89 bits per heavy atom. The minimum atomic E-state index is -0.807. The lowest BCUT2D eigenvalue weighted by molar-refractivity contribution is -0.242. The second-order valence-corrected chi connectivity index (χ2v) is 10.9. The van der Waals surface area contributed by atoms with Crippen LogP contribution in [-0.4, -0.2) is 45.7 Å². The first-order valence-corrected chi connectivity index (χ1v) is 11.1. The number of cyclic esters (lactones) is 1. The molecule has 6 unspecified atom stereocenters. The maximum absolute atomic E-state index is 12.1. The molecule has 0 amide bonds. The van der Waals surface area contributed by atoms with E-state index in [0.717, 1.165) is 50.5 Å². The van der Waals surface area contributed by atoms with Crippen molar-refractivity contribution in [3.8, 4) is 0 Å². The monoisotopic (exact) mass is 390 g/mol. The molecule has 1 aliphatic heterocycles. The van der Waals surface area contributed by atoms with Crippen LogP contribution in [0.2, 0.25) is 0 Å². The highest BCUT2D eigenvalue weighted by Crippen LogP contribution is 2.69. The summed E-state index contributed by atoms with van der Waals surface area (Å²) in [6, 6.07) is 0. The van der Waals surface area contributed by atoms with E-state index in [1.807, 2.05) is 0 Å². The summed E-state index contributed by atoms with van der Waals surface area (Å²) in [5.41, 5.74) is -0.250. The summed E-state index contributed by atoms with van der Waals surface area (Å²) in [6.07, 6.45) is 7.61. The Balaban J connectivity index is 1.51. The van der Waals surface area contributed by atoms with Gasteiger partial charge < -0.3 is 20.1 Å². The van der Waals surface area contributed by atoms with E-state index in [-0.39, 0.29) is 35.2 Å². The van der Waals surface area contributed by atoms with Gasteiger partial charge in [0.2, 0.25) is 0 Å². The van der Waals surface area contributed by atoms with E-state index in [1.54, 1.807) is 6.08 Å². The van der Waals surface area contributed by atoms with Crippen molar-refractivity contribution in [2.75, 3.05) is 6.61 Å². The lowest BCUT2D eigenvalue weighted by atomic mass is 9.42. The van der Waals surface area contributed by atoms with Crippen molar-refractivity contribution >= 4 is 5.97 Å². The number of hydrogen-bond donors (Lipinski definition) is 3. The predicted molar refractivity (Wildman–Crippen MR) is 103 cm³/mol. The minimum absolute atomic E-state index is 0.0115. The molecule has 0 aromatic carbocycles. The van der Waals surface area contributed by atoms with Gasteiger partial charge in [-0.05, 0) is 86.0 Å². The molecule has 0 aromatic heterocycles. The van der Waals surface area contributed by atoms with Gasteiger partial charge in [0.1, 0.15) is 6.61 Å². The van der Waals surface area contributed by atoms with Crippen LogP contribution in [0.15, 0.2) is 11.6 Å². The summed E-state index contributed by atoms with van der Waals surface area (Å²) in [5, 5.41) is 33.7. The smallest absolute Gasteiger partial charge is 0.331 e. The van der Waals surface area contributed by atoms with Crippen molar-refractivity contribution in [2.24, 2.45) is 34.5 Å². The fourth-order valence-corrected chi connectivity index (χ4v) is 8.49. The zero-order valence-corrected chi connectivity index (χ0v) is 17.1. The van der Waals surface area contributed by atoms with Crippen LogP contribution >= 0.6 is 0 Å². The topological polar surface area (TPSA) is 87.0 Å². The standard InChI is InChI=1S/C23H34O5/c1-21-7-5-15(24)10-14(21)3-4-17-20(21)18(25)11-22(2)16(6-8-23(17,22)27)13-9-19(26)28-12-13/h9,14-18,20,24-25,27H,3-8,10-12H2,1-2H3/t14?,15?,16-,17?,18-,20-,21?,22?,23?/m1/s1. The third-order valence-electron chi connectivity index (χ3n) is 9.89. The average Bonchev–Trinajstić information content (AvgIpc) is 3.16. The molecule has 5 heteroatoms. The van der Waals surface area contributed by atoms with Gasteiger partial charge in [0.15, 0.2) is 0 Å². The van der Waals surface area contributed by atoms with Crippen molar-refractivity contribution in [1.29, 1.82) is 0 Å². The number of carbonyl (C=O) groups is 1. The van der Waals surface area contributed by atoms with E-state index in [4.69, 9.17) is 4.74 Å². The highest BCUT2D eigenvalue weighted by atomic mass is 16.5. The fourth-order valence-electron chi connectivity index (χ4n) is 8.49. The Morgan fingerprint density at radius 3 is 2.61 bits per heavy atom. The Kier molecular flexibility index (Phi) is 4.12. The van der Waals surface area contributed by atoms with Crippen LogP contribution in [0, 0.1) is 34.5 Å². The van der Waals surface area contributed by atoms with E-state index in [2.05, 4.69) is 13.8 Å². The molecular formula is C23H34O5. The molecule has 0 spiro atoms. The Labute approximate surface area is 167 Å². The van der Waals surface area contributed by atoms with Crippen LogP contribution < -0.4 is 0 Å². The van der Waals surface area contributed by atoms with Crippen LogP contribution in [0.3, 0.4) is 0 Å². The summed E-state index contributed by atoms with van der Waals surface area (Å²) in [7, 11) is 0. The van der Waals surface area contributed by atoms with Gasteiger partial charge in [0.05, 0.1) is 17.8 Å².